The lowest BCUT2D eigenvalue weighted by Crippen LogP contribution is -2.17. The maximum atomic E-state index is 13.7. The first-order valence-corrected chi connectivity index (χ1v) is 12.2. The van der Waals surface area contributed by atoms with Crippen LogP contribution in [0.25, 0.3) is 0 Å². The van der Waals surface area contributed by atoms with Crippen LogP contribution < -0.4 is 5.32 Å². The van der Waals surface area contributed by atoms with Gasteiger partial charge in [-0.05, 0) is 47.5 Å². The fourth-order valence-corrected chi connectivity index (χ4v) is 5.29. The third kappa shape index (κ3) is 5.45. The van der Waals surface area contributed by atoms with Gasteiger partial charge in [0.05, 0.1) is 32.0 Å². The first kappa shape index (κ1) is 26.6. The average molecular weight is 591 g/mol. The van der Waals surface area contributed by atoms with E-state index in [1.807, 2.05) is 0 Å². The molecule has 1 N–H and O–H groups in total. The van der Waals surface area contributed by atoms with Gasteiger partial charge in [0.1, 0.15) is 10.2 Å². The van der Waals surface area contributed by atoms with E-state index in [0.717, 1.165) is 18.2 Å². The Balaban J connectivity index is 1.51. The summed E-state index contributed by atoms with van der Waals surface area (Å²) in [6.07, 6.45) is -0.343. The molecule has 0 heterocycles. The minimum atomic E-state index is -1.38. The number of hydrogen-bond acceptors (Lipinski definition) is 4. The molecular formula is C24H14Cl5FN2O4. The highest BCUT2D eigenvalue weighted by atomic mass is 35.5. The molecule has 1 aliphatic rings. The third-order valence-corrected chi connectivity index (χ3v) is 7.70. The Morgan fingerprint density at radius 1 is 0.972 bits per heavy atom. The second-order valence-corrected chi connectivity index (χ2v) is 10.8. The molecule has 0 saturated heterocycles. The molecule has 1 aliphatic carbocycles. The van der Waals surface area contributed by atoms with Crippen molar-refractivity contribution in [2.24, 2.45) is 5.92 Å². The number of nitrogens with zero attached hydrogens (tertiary/aromatic N) is 1. The van der Waals surface area contributed by atoms with E-state index in [9.17, 15) is 24.1 Å². The molecule has 1 saturated carbocycles. The van der Waals surface area contributed by atoms with Crippen LogP contribution in [0.1, 0.15) is 27.4 Å². The fraction of sp³-hybridized carbons (Fsp3) is 0.167. The molecule has 2 atom stereocenters. The molecule has 36 heavy (non-hydrogen) atoms. The van der Waals surface area contributed by atoms with E-state index in [2.05, 4.69) is 5.32 Å². The number of nitro benzene ring substituents is 1. The molecule has 0 spiro atoms. The number of carbonyl (C=O) groups is 2. The Labute approximate surface area is 229 Å². The van der Waals surface area contributed by atoms with Crippen LogP contribution in [0.5, 0.6) is 0 Å². The molecule has 1 amide bonds. The highest BCUT2D eigenvalue weighted by Crippen LogP contribution is 2.65. The maximum absolute atomic E-state index is 13.7. The maximum Gasteiger partial charge on any atom is 0.272 e. The van der Waals surface area contributed by atoms with Gasteiger partial charge < -0.3 is 5.32 Å². The summed E-state index contributed by atoms with van der Waals surface area (Å²) >= 11 is 31.0. The summed E-state index contributed by atoms with van der Waals surface area (Å²) < 4.78 is 12.4. The van der Waals surface area contributed by atoms with Crippen LogP contribution in [-0.4, -0.2) is 20.9 Å². The van der Waals surface area contributed by atoms with Crippen LogP contribution >= 0.6 is 58.0 Å². The first-order chi connectivity index (χ1) is 16.9. The second-order valence-electron chi connectivity index (χ2n) is 8.16. The number of nitrogens with one attached hydrogen (secondary N) is 1. The minimum Gasteiger partial charge on any atom is -0.326 e. The second kappa shape index (κ2) is 10.1. The number of nitro groups is 1. The van der Waals surface area contributed by atoms with Gasteiger partial charge in [-0.2, -0.15) is 0 Å². The molecule has 3 aromatic rings. The lowest BCUT2D eigenvalue weighted by molar-refractivity contribution is -0.385. The van der Waals surface area contributed by atoms with Crippen molar-refractivity contribution in [3.8, 4) is 0 Å². The molecule has 3 aromatic carbocycles. The quantitative estimate of drug-likeness (QED) is 0.133. The van der Waals surface area contributed by atoms with Gasteiger partial charge in [-0.25, -0.2) is 4.39 Å². The number of anilines is 1. The number of non-ortho nitro benzene ring substituents is 1. The molecule has 0 bridgehead atoms. The lowest BCUT2D eigenvalue weighted by Gasteiger charge is -2.09. The Morgan fingerprint density at radius 3 is 2.33 bits per heavy atom. The van der Waals surface area contributed by atoms with Gasteiger partial charge in [0.15, 0.2) is 5.78 Å². The van der Waals surface area contributed by atoms with Crippen molar-refractivity contribution >= 4 is 81.1 Å². The zero-order chi connectivity index (χ0) is 26.4. The fourth-order valence-electron chi connectivity index (χ4n) is 3.93. The van der Waals surface area contributed by atoms with Crippen molar-refractivity contribution in [3.05, 3.63) is 102 Å². The number of Topliss-reactive ketones (excluding diaryl/α,β-unsaturated/α-hetero) is 1. The van der Waals surface area contributed by atoms with Crippen molar-refractivity contribution in [1.82, 2.24) is 0 Å². The molecular weight excluding hydrogens is 577 g/mol. The van der Waals surface area contributed by atoms with Gasteiger partial charge in [0.25, 0.3) is 5.69 Å². The summed E-state index contributed by atoms with van der Waals surface area (Å²) in [6, 6.07) is 12.0. The number of amides is 1. The van der Waals surface area contributed by atoms with Crippen molar-refractivity contribution in [2.75, 3.05) is 5.32 Å². The van der Waals surface area contributed by atoms with Crippen molar-refractivity contribution < 1.29 is 18.9 Å². The van der Waals surface area contributed by atoms with Gasteiger partial charge in [-0.3, -0.25) is 19.7 Å². The predicted octanol–water partition coefficient (Wildman–Crippen LogP) is 7.65. The van der Waals surface area contributed by atoms with E-state index in [0.29, 0.717) is 15.6 Å². The molecule has 4 rings (SSSR count). The smallest absolute Gasteiger partial charge is 0.272 e. The summed E-state index contributed by atoms with van der Waals surface area (Å²) in [5.41, 5.74) is 0.569. The first-order valence-electron chi connectivity index (χ1n) is 10.3. The summed E-state index contributed by atoms with van der Waals surface area (Å²) in [6.45, 7) is 0. The van der Waals surface area contributed by atoms with Crippen LogP contribution in [0.2, 0.25) is 15.1 Å². The van der Waals surface area contributed by atoms with E-state index in [1.165, 1.54) is 18.2 Å². The van der Waals surface area contributed by atoms with E-state index in [1.54, 1.807) is 18.2 Å². The van der Waals surface area contributed by atoms with Crippen LogP contribution in [0, 0.1) is 21.8 Å². The molecule has 0 unspecified atom stereocenters. The zero-order valence-electron chi connectivity index (χ0n) is 17.9. The van der Waals surface area contributed by atoms with Crippen LogP contribution in [0.3, 0.4) is 0 Å². The average Bonchev–Trinajstić information content (AvgIpc) is 3.38. The number of alkyl halides is 2. The Bertz CT molecular complexity index is 1420. The Hall–Kier alpha value is -2.42. The minimum absolute atomic E-state index is 0.0428. The Kier molecular flexibility index (Phi) is 7.51. The number of ketones is 1. The monoisotopic (exact) mass is 588 g/mol. The van der Waals surface area contributed by atoms with Crippen LogP contribution in [0.15, 0.2) is 54.6 Å². The molecule has 186 valence electrons. The summed E-state index contributed by atoms with van der Waals surface area (Å²) in [4.78, 5) is 36.0. The van der Waals surface area contributed by atoms with Gasteiger partial charge in [0.2, 0.25) is 5.91 Å². The lowest BCUT2D eigenvalue weighted by atomic mass is 10.0. The SMILES string of the molecule is O=C(Cc1cc(F)cc([N+](=O)[O-])c1)c1cc(NC(=O)[C@H]2[C@H](c3ccc(Cl)c(Cl)c3)C2(Cl)Cl)ccc1Cl. The van der Waals surface area contributed by atoms with Crippen molar-refractivity contribution in [1.29, 1.82) is 0 Å². The van der Waals surface area contributed by atoms with E-state index < -0.39 is 44.3 Å². The molecule has 1 fully saturated rings. The molecule has 0 radical (unpaired) electrons. The molecule has 6 nitrogen and oxygen atoms in total. The van der Waals surface area contributed by atoms with E-state index >= 15 is 0 Å². The topological polar surface area (TPSA) is 89.3 Å². The van der Waals surface area contributed by atoms with Crippen LogP contribution in [0.4, 0.5) is 15.8 Å². The number of hydrogen-bond donors (Lipinski definition) is 1. The molecule has 12 heteroatoms. The van der Waals surface area contributed by atoms with E-state index in [4.69, 9.17) is 58.0 Å². The summed E-state index contributed by atoms with van der Waals surface area (Å²) in [5.74, 6) is -3.20. The largest absolute Gasteiger partial charge is 0.326 e. The predicted molar refractivity (Wildman–Crippen MR) is 138 cm³/mol. The van der Waals surface area contributed by atoms with Crippen molar-refractivity contribution in [3.63, 3.8) is 0 Å². The van der Waals surface area contributed by atoms with Gasteiger partial charge in [-0.15, -0.1) is 23.2 Å². The number of benzene rings is 3. The van der Waals surface area contributed by atoms with Gasteiger partial charge in [-0.1, -0.05) is 40.9 Å². The van der Waals surface area contributed by atoms with Gasteiger partial charge in [0, 0.05) is 29.7 Å². The van der Waals surface area contributed by atoms with E-state index in [-0.39, 0.29) is 28.3 Å². The highest BCUT2D eigenvalue weighted by Gasteiger charge is 2.67. The summed E-state index contributed by atoms with van der Waals surface area (Å²) in [7, 11) is 0. The van der Waals surface area contributed by atoms with Crippen LogP contribution in [-0.2, 0) is 11.2 Å². The Morgan fingerprint density at radius 2 is 1.67 bits per heavy atom. The summed E-state index contributed by atoms with van der Waals surface area (Å²) in [5, 5.41) is 14.4. The number of carbonyl (C=O) groups excluding carboxylic acids is 2. The molecule has 0 aliphatic heterocycles. The highest BCUT2D eigenvalue weighted by molar-refractivity contribution is 6.53. The molecule has 0 aromatic heterocycles. The van der Waals surface area contributed by atoms with Gasteiger partial charge >= 0.3 is 0 Å². The standard InChI is InChI=1S/C24H14Cl5FN2O4/c25-17-4-2-14(10-16(17)20(33)7-11-5-13(30)9-15(6-11)32(35)36)31-23(34)22-21(24(22,28)29)12-1-3-18(26)19(27)8-12/h1-6,8-10,21-22H,7H2,(H,31,34)/t21-,22+/m0/s1. The number of rotatable bonds is 7. The van der Waals surface area contributed by atoms with Crippen molar-refractivity contribution in [2.45, 2.75) is 16.7 Å². The normalized spacial score (nSPS) is 17.9. The third-order valence-electron chi connectivity index (χ3n) is 5.69. The zero-order valence-corrected chi connectivity index (χ0v) is 21.7. The number of halogens is 6.